The van der Waals surface area contributed by atoms with E-state index in [9.17, 15) is 14.4 Å². The summed E-state index contributed by atoms with van der Waals surface area (Å²) in [7, 11) is 1.57. The largest absolute Gasteiger partial charge is 0.497 e. The van der Waals surface area contributed by atoms with Crippen LogP contribution < -0.4 is 20.9 Å². The van der Waals surface area contributed by atoms with Crippen LogP contribution in [0.3, 0.4) is 0 Å². The zero-order valence-electron chi connectivity index (χ0n) is 15.4. The molecule has 2 aromatic carbocycles. The molecule has 0 aliphatic heterocycles. The van der Waals surface area contributed by atoms with Crippen molar-refractivity contribution < 1.29 is 14.3 Å². The monoisotopic (exact) mass is 377 g/mol. The van der Waals surface area contributed by atoms with E-state index in [4.69, 9.17) is 4.74 Å². The highest BCUT2D eigenvalue weighted by Crippen LogP contribution is 2.17. The summed E-state index contributed by atoms with van der Waals surface area (Å²) in [5.41, 5.74) is 1.79. The molecule has 3 N–H and O–H groups in total. The number of H-pyrrole nitrogens is 1. The first kappa shape index (κ1) is 18.9. The Morgan fingerprint density at radius 2 is 1.39 bits per heavy atom. The maximum Gasteiger partial charge on any atom is 0.261 e. The third-order valence-electron chi connectivity index (χ3n) is 4.05. The molecule has 2 amide bonds. The molecule has 0 spiro atoms. The van der Waals surface area contributed by atoms with Crippen LogP contribution in [0.25, 0.3) is 0 Å². The second-order valence-electron chi connectivity index (χ2n) is 6.10. The highest BCUT2D eigenvalue weighted by Gasteiger charge is 2.11. The van der Waals surface area contributed by atoms with Gasteiger partial charge in [0.25, 0.3) is 17.4 Å². The number of carbonyl (C=O) groups excluding carboxylic acids is 2. The number of hydrogen-bond donors (Lipinski definition) is 3. The lowest BCUT2D eigenvalue weighted by molar-refractivity contribution is 0.101. The molecule has 0 aliphatic rings. The number of aromatic amines is 1. The van der Waals surface area contributed by atoms with Crippen LogP contribution in [0.5, 0.6) is 5.75 Å². The van der Waals surface area contributed by atoms with Gasteiger partial charge in [-0.15, -0.1) is 0 Å². The fraction of sp³-hybridized carbons (Fsp3) is 0.0952. The molecule has 28 heavy (non-hydrogen) atoms. The summed E-state index contributed by atoms with van der Waals surface area (Å²) in [4.78, 5) is 39.0. The maximum atomic E-state index is 12.3. The van der Waals surface area contributed by atoms with Gasteiger partial charge in [0.15, 0.2) is 0 Å². The van der Waals surface area contributed by atoms with Gasteiger partial charge in [0, 0.05) is 22.6 Å². The highest BCUT2D eigenvalue weighted by atomic mass is 16.5. The van der Waals surface area contributed by atoms with E-state index < -0.39 is 11.5 Å². The van der Waals surface area contributed by atoms with Crippen molar-refractivity contribution in [2.45, 2.75) is 6.92 Å². The number of aryl methyl sites for hydroxylation is 1. The van der Waals surface area contributed by atoms with Gasteiger partial charge < -0.3 is 20.4 Å². The van der Waals surface area contributed by atoms with Crippen LogP contribution >= 0.6 is 0 Å². The molecule has 0 atom stereocenters. The average molecular weight is 377 g/mol. The Bertz CT molecular complexity index is 1050. The predicted molar refractivity (Wildman–Crippen MR) is 107 cm³/mol. The minimum Gasteiger partial charge on any atom is -0.497 e. The quantitative estimate of drug-likeness (QED) is 0.636. The molecule has 1 aromatic heterocycles. The van der Waals surface area contributed by atoms with Crippen molar-refractivity contribution in [3.05, 3.63) is 87.8 Å². The molecule has 7 heteroatoms. The van der Waals surface area contributed by atoms with E-state index in [1.54, 1.807) is 68.6 Å². The Morgan fingerprint density at radius 3 is 1.96 bits per heavy atom. The third kappa shape index (κ3) is 4.45. The fourth-order valence-corrected chi connectivity index (χ4v) is 2.53. The van der Waals surface area contributed by atoms with Gasteiger partial charge >= 0.3 is 0 Å². The van der Waals surface area contributed by atoms with Crippen molar-refractivity contribution in [2.24, 2.45) is 0 Å². The van der Waals surface area contributed by atoms with Gasteiger partial charge in [-0.3, -0.25) is 14.4 Å². The van der Waals surface area contributed by atoms with Crippen LogP contribution in [0.4, 0.5) is 11.4 Å². The van der Waals surface area contributed by atoms with Crippen molar-refractivity contribution in [3.63, 3.8) is 0 Å². The molecule has 0 unspecified atom stereocenters. The van der Waals surface area contributed by atoms with Gasteiger partial charge in [-0.05, 0) is 67.6 Å². The van der Waals surface area contributed by atoms with E-state index in [1.807, 2.05) is 0 Å². The standard InChI is InChI=1S/C21H19N3O4/c1-13-3-12-18(20(26)22-13)21(27)24-15-6-4-14(5-7-15)19(25)23-16-8-10-17(28-2)11-9-16/h3-12H,1-2H3,(H,22,26)(H,23,25)(H,24,27). The summed E-state index contributed by atoms with van der Waals surface area (Å²) < 4.78 is 5.08. The Labute approximate surface area is 161 Å². The summed E-state index contributed by atoms with van der Waals surface area (Å²) in [6.45, 7) is 1.73. The van der Waals surface area contributed by atoms with Crippen molar-refractivity contribution in [2.75, 3.05) is 17.7 Å². The number of benzene rings is 2. The van der Waals surface area contributed by atoms with Crippen LogP contribution in [0.2, 0.25) is 0 Å². The lowest BCUT2D eigenvalue weighted by Gasteiger charge is -2.08. The second-order valence-corrected chi connectivity index (χ2v) is 6.10. The van der Waals surface area contributed by atoms with E-state index in [0.717, 1.165) is 0 Å². The number of methoxy groups -OCH3 is 1. The molecule has 0 aliphatic carbocycles. The Hall–Kier alpha value is -3.87. The normalized spacial score (nSPS) is 10.2. The lowest BCUT2D eigenvalue weighted by Crippen LogP contribution is -2.23. The van der Waals surface area contributed by atoms with Gasteiger partial charge in [0.2, 0.25) is 0 Å². The number of rotatable bonds is 5. The molecular weight excluding hydrogens is 358 g/mol. The molecule has 3 aromatic rings. The topological polar surface area (TPSA) is 100 Å². The zero-order chi connectivity index (χ0) is 20.1. The summed E-state index contributed by atoms with van der Waals surface area (Å²) in [5, 5.41) is 5.42. The van der Waals surface area contributed by atoms with E-state index >= 15 is 0 Å². The summed E-state index contributed by atoms with van der Waals surface area (Å²) in [5.74, 6) is -0.0970. The summed E-state index contributed by atoms with van der Waals surface area (Å²) >= 11 is 0. The van der Waals surface area contributed by atoms with Crippen LogP contribution in [-0.4, -0.2) is 23.9 Å². The van der Waals surface area contributed by atoms with Crippen molar-refractivity contribution in [1.82, 2.24) is 4.98 Å². The minimum absolute atomic E-state index is 0.0203. The molecule has 1 heterocycles. The van der Waals surface area contributed by atoms with Crippen molar-refractivity contribution in [1.29, 1.82) is 0 Å². The van der Waals surface area contributed by atoms with E-state index in [0.29, 0.717) is 28.4 Å². The van der Waals surface area contributed by atoms with Crippen LogP contribution in [0, 0.1) is 6.92 Å². The third-order valence-corrected chi connectivity index (χ3v) is 4.05. The lowest BCUT2D eigenvalue weighted by atomic mass is 10.1. The number of amides is 2. The number of anilines is 2. The maximum absolute atomic E-state index is 12.3. The van der Waals surface area contributed by atoms with E-state index in [2.05, 4.69) is 15.6 Å². The zero-order valence-corrected chi connectivity index (χ0v) is 15.4. The molecule has 0 saturated carbocycles. The van der Waals surface area contributed by atoms with Crippen LogP contribution in [-0.2, 0) is 0 Å². The predicted octanol–water partition coefficient (Wildman–Crippen LogP) is 3.20. The molecule has 7 nitrogen and oxygen atoms in total. The number of nitrogens with one attached hydrogen (secondary N) is 3. The molecule has 0 fully saturated rings. The van der Waals surface area contributed by atoms with Crippen LogP contribution in [0.1, 0.15) is 26.4 Å². The first-order valence-corrected chi connectivity index (χ1v) is 8.53. The smallest absolute Gasteiger partial charge is 0.261 e. The molecule has 3 rings (SSSR count). The Kier molecular flexibility index (Phi) is 5.55. The summed E-state index contributed by atoms with van der Waals surface area (Å²) in [6, 6.07) is 16.5. The van der Waals surface area contributed by atoms with Crippen molar-refractivity contribution in [3.8, 4) is 5.75 Å². The Balaban J connectivity index is 1.66. The van der Waals surface area contributed by atoms with Gasteiger partial charge in [-0.1, -0.05) is 0 Å². The number of pyridine rings is 1. The van der Waals surface area contributed by atoms with Gasteiger partial charge in [0.05, 0.1) is 7.11 Å². The van der Waals surface area contributed by atoms with Gasteiger partial charge in [0.1, 0.15) is 11.3 Å². The summed E-state index contributed by atoms with van der Waals surface area (Å²) in [6.07, 6.45) is 0. The molecule has 0 bridgehead atoms. The fourth-order valence-electron chi connectivity index (χ4n) is 2.53. The molecule has 0 radical (unpaired) electrons. The first-order chi connectivity index (χ1) is 13.5. The Morgan fingerprint density at radius 1 is 0.821 bits per heavy atom. The average Bonchev–Trinajstić information content (AvgIpc) is 2.69. The second kappa shape index (κ2) is 8.22. The van der Waals surface area contributed by atoms with Gasteiger partial charge in [-0.2, -0.15) is 0 Å². The van der Waals surface area contributed by atoms with E-state index in [-0.39, 0.29) is 11.5 Å². The highest BCUT2D eigenvalue weighted by molar-refractivity contribution is 6.06. The number of carbonyl (C=O) groups is 2. The van der Waals surface area contributed by atoms with Crippen molar-refractivity contribution >= 4 is 23.2 Å². The molecular formula is C21H19N3O4. The van der Waals surface area contributed by atoms with Crippen LogP contribution in [0.15, 0.2) is 65.5 Å². The number of aromatic nitrogens is 1. The number of ether oxygens (including phenoxy) is 1. The minimum atomic E-state index is -0.517. The molecule has 142 valence electrons. The first-order valence-electron chi connectivity index (χ1n) is 8.53. The SMILES string of the molecule is COc1ccc(NC(=O)c2ccc(NC(=O)c3ccc(C)[nH]c3=O)cc2)cc1. The van der Waals surface area contributed by atoms with Gasteiger partial charge in [-0.25, -0.2) is 0 Å². The number of hydrogen-bond acceptors (Lipinski definition) is 4. The van der Waals surface area contributed by atoms with E-state index in [1.165, 1.54) is 6.07 Å². The molecule has 0 saturated heterocycles.